The largest absolute Gasteiger partial charge is 0.149 e. The maximum Gasteiger partial charge on any atom is 0.0151 e. The molecule has 0 radical (unpaired) electrons. The molecule has 0 bridgehead atoms. The summed E-state index contributed by atoms with van der Waals surface area (Å²) in [6.45, 7) is 2.20. The molecule has 1 heterocycles. The highest BCUT2D eigenvalue weighted by molar-refractivity contribution is 9.09. The Kier molecular flexibility index (Phi) is 3.67. The zero-order chi connectivity index (χ0) is 9.97. The quantitative estimate of drug-likeness (QED) is 0.506. The molecule has 0 aromatic carbocycles. The Balaban J connectivity index is 2.08. The Morgan fingerprint density at radius 3 is 2.86 bits per heavy atom. The van der Waals surface area contributed by atoms with Crippen LogP contribution < -0.4 is 0 Å². The number of halogens is 1. The molecule has 1 fully saturated rings. The molecule has 0 nitrogen and oxygen atoms in total. The highest BCUT2D eigenvalue weighted by Crippen LogP contribution is 2.36. The van der Waals surface area contributed by atoms with Crippen LogP contribution in [0.3, 0.4) is 0 Å². The van der Waals surface area contributed by atoms with Gasteiger partial charge >= 0.3 is 0 Å². The van der Waals surface area contributed by atoms with Gasteiger partial charge in [0.1, 0.15) is 0 Å². The lowest BCUT2D eigenvalue weighted by atomic mass is 9.94. The summed E-state index contributed by atoms with van der Waals surface area (Å²) in [5.74, 6) is 0.812. The predicted octanol–water partition coefficient (Wildman–Crippen LogP) is 4.87. The molecule has 78 valence electrons. The van der Waals surface area contributed by atoms with E-state index in [9.17, 15) is 0 Å². The molecule has 14 heavy (non-hydrogen) atoms. The highest BCUT2D eigenvalue weighted by atomic mass is 79.9. The third-order valence-electron chi connectivity index (χ3n) is 3.08. The van der Waals surface area contributed by atoms with Crippen LogP contribution in [0.15, 0.2) is 11.4 Å². The van der Waals surface area contributed by atoms with E-state index >= 15 is 0 Å². The van der Waals surface area contributed by atoms with Gasteiger partial charge in [0.2, 0.25) is 0 Å². The van der Waals surface area contributed by atoms with Crippen molar-refractivity contribution >= 4 is 27.3 Å². The van der Waals surface area contributed by atoms with E-state index in [2.05, 4.69) is 34.3 Å². The van der Waals surface area contributed by atoms with Crippen LogP contribution in [0.4, 0.5) is 0 Å². The van der Waals surface area contributed by atoms with Gasteiger partial charge in [-0.25, -0.2) is 0 Å². The molecule has 0 spiro atoms. The van der Waals surface area contributed by atoms with Crippen LogP contribution in [-0.2, 0) is 0 Å². The minimum atomic E-state index is 0.746. The molecular weight excluding hydrogens is 256 g/mol. The van der Waals surface area contributed by atoms with E-state index in [4.69, 9.17) is 0 Å². The highest BCUT2D eigenvalue weighted by Gasteiger charge is 2.20. The molecule has 0 N–H and O–H groups in total. The van der Waals surface area contributed by atoms with Gasteiger partial charge in [-0.15, -0.1) is 11.3 Å². The van der Waals surface area contributed by atoms with E-state index in [1.54, 1.807) is 5.56 Å². The zero-order valence-corrected chi connectivity index (χ0v) is 11.0. The van der Waals surface area contributed by atoms with Crippen molar-refractivity contribution in [2.45, 2.75) is 49.8 Å². The van der Waals surface area contributed by atoms with Crippen LogP contribution in [0.25, 0.3) is 0 Å². The summed E-state index contributed by atoms with van der Waals surface area (Å²) in [5.41, 5.74) is 1.58. The maximum absolute atomic E-state index is 3.79. The van der Waals surface area contributed by atoms with Crippen LogP contribution in [0, 0.1) is 6.92 Å². The molecule has 0 saturated heterocycles. The monoisotopic (exact) mass is 272 g/mol. The van der Waals surface area contributed by atoms with Crippen molar-refractivity contribution in [1.82, 2.24) is 0 Å². The first-order chi connectivity index (χ1) is 6.75. The van der Waals surface area contributed by atoms with Gasteiger partial charge in [0.25, 0.3) is 0 Å². The summed E-state index contributed by atoms with van der Waals surface area (Å²) in [5, 5.41) is 2.35. The standard InChI is InChI=1S/C12H17BrS/c1-9-6-11(8-14-9)10-4-2-3-5-12(13)7-10/h6,8,10,12H,2-5,7H2,1H3. The fraction of sp³-hybridized carbons (Fsp3) is 0.667. The molecule has 2 atom stereocenters. The number of alkyl halides is 1. The average molecular weight is 273 g/mol. The first kappa shape index (κ1) is 10.7. The second-order valence-corrected chi connectivity index (χ2v) is 6.72. The molecule has 0 amide bonds. The van der Waals surface area contributed by atoms with E-state index in [-0.39, 0.29) is 0 Å². The van der Waals surface area contributed by atoms with Crippen LogP contribution in [0.2, 0.25) is 0 Å². The Morgan fingerprint density at radius 2 is 2.14 bits per heavy atom. The van der Waals surface area contributed by atoms with Crippen LogP contribution >= 0.6 is 27.3 Å². The Hall–Kier alpha value is 0.180. The summed E-state index contributed by atoms with van der Waals surface area (Å²) in [4.78, 5) is 2.20. The van der Waals surface area contributed by atoms with Crippen molar-refractivity contribution in [3.8, 4) is 0 Å². The van der Waals surface area contributed by atoms with Gasteiger partial charge < -0.3 is 0 Å². The van der Waals surface area contributed by atoms with Gasteiger partial charge in [-0.05, 0) is 49.1 Å². The molecule has 1 aromatic heterocycles. The van der Waals surface area contributed by atoms with Crippen LogP contribution in [-0.4, -0.2) is 4.83 Å². The second kappa shape index (κ2) is 4.80. The average Bonchev–Trinajstić information content (AvgIpc) is 2.45. The summed E-state index contributed by atoms with van der Waals surface area (Å²) < 4.78 is 0. The van der Waals surface area contributed by atoms with Gasteiger partial charge in [0.15, 0.2) is 0 Å². The molecule has 1 aliphatic rings. The van der Waals surface area contributed by atoms with E-state index < -0.39 is 0 Å². The van der Waals surface area contributed by atoms with Crippen molar-refractivity contribution in [2.24, 2.45) is 0 Å². The van der Waals surface area contributed by atoms with Gasteiger partial charge in [-0.2, -0.15) is 0 Å². The number of rotatable bonds is 1. The zero-order valence-electron chi connectivity index (χ0n) is 8.63. The lowest BCUT2D eigenvalue weighted by Gasteiger charge is -2.14. The SMILES string of the molecule is Cc1cc(C2CCCCC(Br)C2)cs1. The topological polar surface area (TPSA) is 0 Å². The fourth-order valence-corrected chi connectivity index (χ4v) is 3.84. The molecule has 0 aliphatic heterocycles. The lowest BCUT2D eigenvalue weighted by Crippen LogP contribution is -2.02. The maximum atomic E-state index is 3.79. The van der Waals surface area contributed by atoms with Gasteiger partial charge in [-0.1, -0.05) is 28.8 Å². The Morgan fingerprint density at radius 1 is 1.36 bits per heavy atom. The molecule has 2 heteroatoms. The Bertz CT molecular complexity index is 292. The van der Waals surface area contributed by atoms with Gasteiger partial charge in [0, 0.05) is 9.70 Å². The smallest absolute Gasteiger partial charge is 0.0151 e. The van der Waals surface area contributed by atoms with E-state index in [0.29, 0.717) is 0 Å². The molecular formula is C12H17BrS. The van der Waals surface area contributed by atoms with Gasteiger partial charge in [-0.3, -0.25) is 0 Å². The first-order valence-corrected chi connectivity index (χ1v) is 7.24. The third kappa shape index (κ3) is 2.60. The summed E-state index contributed by atoms with van der Waals surface area (Å²) in [6.07, 6.45) is 6.88. The number of hydrogen-bond acceptors (Lipinski definition) is 1. The van der Waals surface area contributed by atoms with E-state index in [1.807, 2.05) is 11.3 Å². The van der Waals surface area contributed by atoms with Crippen LogP contribution in [0.1, 0.15) is 48.5 Å². The predicted molar refractivity (Wildman–Crippen MR) is 67.6 cm³/mol. The van der Waals surface area contributed by atoms with Crippen molar-refractivity contribution in [3.05, 3.63) is 21.9 Å². The summed E-state index contributed by atoms with van der Waals surface area (Å²) in [7, 11) is 0. The lowest BCUT2D eigenvalue weighted by molar-refractivity contribution is 0.601. The Labute approximate surface area is 98.9 Å². The molecule has 2 unspecified atom stereocenters. The second-order valence-electron chi connectivity index (χ2n) is 4.31. The fourth-order valence-electron chi connectivity index (χ4n) is 2.28. The first-order valence-electron chi connectivity index (χ1n) is 5.45. The minimum absolute atomic E-state index is 0.746. The number of hydrogen-bond donors (Lipinski definition) is 0. The minimum Gasteiger partial charge on any atom is -0.149 e. The van der Waals surface area contributed by atoms with Crippen molar-refractivity contribution in [2.75, 3.05) is 0 Å². The van der Waals surface area contributed by atoms with Crippen molar-refractivity contribution in [3.63, 3.8) is 0 Å². The summed E-state index contributed by atoms with van der Waals surface area (Å²) in [6, 6.07) is 2.38. The molecule has 2 rings (SSSR count). The van der Waals surface area contributed by atoms with Crippen molar-refractivity contribution in [1.29, 1.82) is 0 Å². The van der Waals surface area contributed by atoms with Crippen molar-refractivity contribution < 1.29 is 0 Å². The summed E-state index contributed by atoms with van der Waals surface area (Å²) >= 11 is 5.68. The number of aryl methyl sites for hydroxylation is 1. The third-order valence-corrected chi connectivity index (χ3v) is 4.79. The van der Waals surface area contributed by atoms with Crippen LogP contribution in [0.5, 0.6) is 0 Å². The molecule has 1 saturated carbocycles. The normalized spacial score (nSPS) is 28.7. The van der Waals surface area contributed by atoms with E-state index in [1.165, 1.54) is 37.0 Å². The number of thiophene rings is 1. The molecule has 1 aromatic rings. The van der Waals surface area contributed by atoms with E-state index in [0.717, 1.165) is 10.7 Å². The van der Waals surface area contributed by atoms with Gasteiger partial charge in [0.05, 0.1) is 0 Å². The molecule has 1 aliphatic carbocycles.